The Hall–Kier alpha value is -4.98. The Balaban J connectivity index is 1.78. The number of carbonyl (C=O) groups excluding carboxylic acids is 4. The normalized spacial score (nSPS) is 17.1. The van der Waals surface area contributed by atoms with E-state index in [0.29, 0.717) is 32.4 Å². The van der Waals surface area contributed by atoms with Crippen molar-refractivity contribution < 1.29 is 19.2 Å². The topological polar surface area (TPSA) is 245 Å². The summed E-state index contributed by atoms with van der Waals surface area (Å²) in [6.45, 7) is 4.45. The Morgan fingerprint density at radius 1 is 0.776 bits per heavy atom. The molecule has 0 spiro atoms. The lowest BCUT2D eigenvalue weighted by Crippen LogP contribution is -2.60. The van der Waals surface area contributed by atoms with Gasteiger partial charge in [0, 0.05) is 32.0 Å². The summed E-state index contributed by atoms with van der Waals surface area (Å²) < 4.78 is 0. The summed E-state index contributed by atoms with van der Waals surface area (Å²) in [6.07, 6.45) is 2.54. The van der Waals surface area contributed by atoms with Crippen LogP contribution in [-0.4, -0.2) is 84.1 Å². The van der Waals surface area contributed by atoms with E-state index >= 15 is 0 Å². The van der Waals surface area contributed by atoms with Crippen LogP contribution < -0.4 is 38.5 Å². The first kappa shape index (κ1) is 38.5. The molecule has 14 heteroatoms. The van der Waals surface area contributed by atoms with Crippen LogP contribution in [0.25, 0.3) is 0 Å². The fraction of sp³-hybridized carbons (Fsp3) is 0.486. The third-order valence-electron chi connectivity index (χ3n) is 8.48. The van der Waals surface area contributed by atoms with Crippen molar-refractivity contribution in [1.29, 1.82) is 10.8 Å². The molecule has 2 aromatic rings. The summed E-state index contributed by atoms with van der Waals surface area (Å²) in [5.74, 6) is -2.45. The second kappa shape index (κ2) is 19.1. The van der Waals surface area contributed by atoms with Crippen molar-refractivity contribution in [2.75, 3.05) is 19.6 Å². The molecular formula is C35H52N10O4. The molecule has 12 N–H and O–H groups in total. The van der Waals surface area contributed by atoms with Crippen molar-refractivity contribution in [3.05, 3.63) is 71.8 Å². The lowest BCUT2D eigenvalue weighted by molar-refractivity contribution is -0.137. The number of nitrogens with one attached hydrogen (secondary N) is 6. The number of amidine groups is 1. The summed E-state index contributed by atoms with van der Waals surface area (Å²) in [7, 11) is 0. The van der Waals surface area contributed by atoms with Gasteiger partial charge in [-0.05, 0) is 49.1 Å². The standard InChI is InChI=1S/C35H52N10O4/c1-22(2)18-27(32(47)44-29(21-41-35(39)40)34(49)45-16-9-14-25(15-17-45)30(37)38)43-33(48)28(20-24-12-7-4-8-13-24)42-31(46)26(36)19-23-10-5-3-6-11-23/h3-8,10-13,22,25-29H,9,14-21,36H2,1-2H3,(H3,37,38)(H,42,46)(H,43,48)(H,44,47)(H4,39,40,41)/t25?,26-,27-,28-,29-/m1/s1. The average molecular weight is 677 g/mol. The smallest absolute Gasteiger partial charge is 0.246 e. The molecule has 1 aliphatic heterocycles. The highest BCUT2D eigenvalue weighted by Crippen LogP contribution is 2.18. The molecule has 0 aromatic heterocycles. The molecule has 266 valence electrons. The highest BCUT2D eigenvalue weighted by molar-refractivity contribution is 5.95. The largest absolute Gasteiger partial charge is 0.387 e. The Kier molecular flexibility index (Phi) is 15.0. The van der Waals surface area contributed by atoms with Gasteiger partial charge >= 0.3 is 0 Å². The minimum absolute atomic E-state index is 0.0175. The summed E-state index contributed by atoms with van der Waals surface area (Å²) in [5, 5.41) is 26.4. The van der Waals surface area contributed by atoms with E-state index in [0.717, 1.165) is 11.1 Å². The second-order valence-electron chi connectivity index (χ2n) is 13.0. The molecule has 49 heavy (non-hydrogen) atoms. The van der Waals surface area contributed by atoms with Crippen molar-refractivity contribution >= 4 is 35.4 Å². The van der Waals surface area contributed by atoms with Crippen LogP contribution in [0, 0.1) is 22.7 Å². The van der Waals surface area contributed by atoms with Crippen molar-refractivity contribution in [2.24, 2.45) is 29.0 Å². The fourth-order valence-corrected chi connectivity index (χ4v) is 5.81. The first-order chi connectivity index (χ1) is 23.3. The number of nitrogens with two attached hydrogens (primary N) is 3. The molecule has 5 atom stereocenters. The van der Waals surface area contributed by atoms with Crippen LogP contribution in [0.2, 0.25) is 0 Å². The molecule has 0 aliphatic carbocycles. The van der Waals surface area contributed by atoms with E-state index in [1.54, 1.807) is 4.90 Å². The van der Waals surface area contributed by atoms with Gasteiger partial charge in [-0.1, -0.05) is 74.5 Å². The molecular weight excluding hydrogens is 624 g/mol. The molecule has 0 bridgehead atoms. The zero-order valence-electron chi connectivity index (χ0n) is 28.4. The molecule has 1 aliphatic rings. The molecule has 3 rings (SSSR count). The van der Waals surface area contributed by atoms with Crippen LogP contribution in [0.5, 0.6) is 0 Å². The van der Waals surface area contributed by atoms with Gasteiger partial charge in [-0.25, -0.2) is 0 Å². The number of hydrogen-bond acceptors (Lipinski definition) is 7. The van der Waals surface area contributed by atoms with E-state index in [9.17, 15) is 19.2 Å². The molecule has 1 saturated heterocycles. The average Bonchev–Trinajstić information content (AvgIpc) is 3.33. The number of likely N-dealkylation sites (tertiary alicyclic amines) is 1. The quantitative estimate of drug-likeness (QED) is 0.0885. The van der Waals surface area contributed by atoms with E-state index in [1.165, 1.54) is 0 Å². The Morgan fingerprint density at radius 3 is 1.90 bits per heavy atom. The number of guanidine groups is 1. The maximum absolute atomic E-state index is 13.9. The van der Waals surface area contributed by atoms with Crippen molar-refractivity contribution in [2.45, 2.75) is 76.5 Å². The van der Waals surface area contributed by atoms with Gasteiger partial charge < -0.3 is 43.4 Å². The highest BCUT2D eigenvalue weighted by Gasteiger charge is 2.33. The Labute approximate surface area is 288 Å². The predicted octanol–water partition coefficient (Wildman–Crippen LogP) is 0.347. The number of hydrogen-bond donors (Lipinski definition) is 9. The van der Waals surface area contributed by atoms with Crippen molar-refractivity contribution in [3.63, 3.8) is 0 Å². The summed E-state index contributed by atoms with van der Waals surface area (Å²) in [6, 6.07) is 14.4. The molecule has 1 unspecified atom stereocenters. The lowest BCUT2D eigenvalue weighted by atomic mass is 10.00. The SMILES string of the molecule is CC(C)C[C@@H](NC(=O)[C@@H](Cc1ccccc1)NC(=O)[C@H](N)Cc1ccccc1)C(=O)N[C@H](CNC(=N)N)C(=O)N1CCCC(C(=N)N)CC1. The summed E-state index contributed by atoms with van der Waals surface area (Å²) in [5.41, 5.74) is 19.2. The maximum atomic E-state index is 13.9. The van der Waals surface area contributed by atoms with Crippen LogP contribution in [0.3, 0.4) is 0 Å². The molecule has 0 radical (unpaired) electrons. The van der Waals surface area contributed by atoms with Gasteiger partial charge in [-0.2, -0.15) is 0 Å². The van der Waals surface area contributed by atoms with E-state index in [2.05, 4.69) is 21.3 Å². The predicted molar refractivity (Wildman–Crippen MR) is 189 cm³/mol. The number of carbonyl (C=O) groups is 4. The molecule has 4 amide bonds. The van der Waals surface area contributed by atoms with Gasteiger partial charge in [0.25, 0.3) is 0 Å². The number of rotatable bonds is 16. The molecule has 14 nitrogen and oxygen atoms in total. The van der Waals surface area contributed by atoms with Gasteiger partial charge in [0.2, 0.25) is 23.6 Å². The highest BCUT2D eigenvalue weighted by atomic mass is 16.2. The minimum Gasteiger partial charge on any atom is -0.387 e. The zero-order valence-corrected chi connectivity index (χ0v) is 28.4. The van der Waals surface area contributed by atoms with Crippen LogP contribution in [-0.2, 0) is 32.0 Å². The zero-order chi connectivity index (χ0) is 35.9. The molecule has 1 fully saturated rings. The third-order valence-corrected chi connectivity index (χ3v) is 8.48. The van der Waals surface area contributed by atoms with Crippen molar-refractivity contribution in [1.82, 2.24) is 26.2 Å². The van der Waals surface area contributed by atoms with E-state index in [4.69, 9.17) is 28.0 Å². The van der Waals surface area contributed by atoms with E-state index in [-0.39, 0.29) is 55.3 Å². The van der Waals surface area contributed by atoms with Gasteiger partial charge in [0.1, 0.15) is 18.1 Å². The summed E-state index contributed by atoms with van der Waals surface area (Å²) in [4.78, 5) is 56.2. The minimum atomic E-state index is -1.09. The maximum Gasteiger partial charge on any atom is 0.246 e. The Bertz CT molecular complexity index is 1420. The molecule has 2 aromatic carbocycles. The molecule has 1 heterocycles. The lowest BCUT2D eigenvalue weighted by Gasteiger charge is -2.29. The van der Waals surface area contributed by atoms with Gasteiger partial charge in [0.05, 0.1) is 11.9 Å². The first-order valence-electron chi connectivity index (χ1n) is 16.8. The van der Waals surface area contributed by atoms with Gasteiger partial charge in [-0.3, -0.25) is 30.0 Å². The first-order valence-corrected chi connectivity index (χ1v) is 16.8. The number of nitrogens with zero attached hydrogens (tertiary/aromatic N) is 1. The third kappa shape index (κ3) is 12.9. The van der Waals surface area contributed by atoms with E-state index < -0.39 is 41.9 Å². The number of benzene rings is 2. The number of amides is 4. The van der Waals surface area contributed by atoms with Crippen LogP contribution in [0.15, 0.2) is 60.7 Å². The fourth-order valence-electron chi connectivity index (χ4n) is 5.81. The van der Waals surface area contributed by atoms with Gasteiger partial charge in [-0.15, -0.1) is 0 Å². The molecule has 0 saturated carbocycles. The summed E-state index contributed by atoms with van der Waals surface area (Å²) >= 11 is 0. The van der Waals surface area contributed by atoms with Crippen LogP contribution in [0.4, 0.5) is 0 Å². The van der Waals surface area contributed by atoms with Crippen molar-refractivity contribution in [3.8, 4) is 0 Å². The van der Waals surface area contributed by atoms with Crippen LogP contribution in [0.1, 0.15) is 50.7 Å². The monoisotopic (exact) mass is 676 g/mol. The van der Waals surface area contributed by atoms with Crippen LogP contribution >= 0.6 is 0 Å². The van der Waals surface area contributed by atoms with E-state index in [1.807, 2.05) is 74.5 Å². The second-order valence-corrected chi connectivity index (χ2v) is 13.0. The Morgan fingerprint density at radius 2 is 1.33 bits per heavy atom. The van der Waals surface area contributed by atoms with Gasteiger partial charge in [0.15, 0.2) is 5.96 Å².